The van der Waals surface area contributed by atoms with Crippen molar-refractivity contribution < 1.29 is 9.90 Å². The van der Waals surface area contributed by atoms with Gasteiger partial charge in [-0.1, -0.05) is 6.92 Å². The van der Waals surface area contributed by atoms with Gasteiger partial charge in [0.2, 0.25) is 0 Å². The number of likely N-dealkylation sites (tertiary alicyclic amines) is 1. The second kappa shape index (κ2) is 5.27. The van der Waals surface area contributed by atoms with Crippen molar-refractivity contribution in [1.82, 2.24) is 9.88 Å². The zero-order valence-electron chi connectivity index (χ0n) is 10.0. The van der Waals surface area contributed by atoms with E-state index in [4.69, 9.17) is 0 Å². The highest BCUT2D eigenvalue weighted by Gasteiger charge is 2.31. The number of aliphatic hydroxyl groups is 1. The molecule has 0 aliphatic carbocycles. The summed E-state index contributed by atoms with van der Waals surface area (Å²) in [5, 5.41) is 9.42. The van der Waals surface area contributed by atoms with Crippen molar-refractivity contribution in [2.75, 3.05) is 13.2 Å². The molecule has 1 N–H and O–H groups in total. The minimum atomic E-state index is -0.0588. The van der Waals surface area contributed by atoms with Crippen molar-refractivity contribution in [2.45, 2.75) is 25.8 Å². The van der Waals surface area contributed by atoms with Gasteiger partial charge in [0.1, 0.15) is 0 Å². The van der Waals surface area contributed by atoms with Gasteiger partial charge in [-0.25, -0.2) is 0 Å². The molecule has 1 amide bonds. The Hall–Kier alpha value is -1.42. The van der Waals surface area contributed by atoms with Gasteiger partial charge in [0.25, 0.3) is 5.91 Å². The molecule has 4 heteroatoms. The molecule has 0 radical (unpaired) electrons. The molecule has 2 heterocycles. The summed E-state index contributed by atoms with van der Waals surface area (Å²) < 4.78 is 0. The molecule has 1 aromatic heterocycles. The Morgan fingerprint density at radius 3 is 3.12 bits per heavy atom. The van der Waals surface area contributed by atoms with Gasteiger partial charge in [0.15, 0.2) is 0 Å². The Balaban J connectivity index is 2.18. The van der Waals surface area contributed by atoms with Crippen molar-refractivity contribution >= 4 is 5.91 Å². The Morgan fingerprint density at radius 1 is 1.65 bits per heavy atom. The van der Waals surface area contributed by atoms with Crippen LogP contribution < -0.4 is 0 Å². The van der Waals surface area contributed by atoms with E-state index in [-0.39, 0.29) is 18.6 Å². The standard InChI is InChI=1S/C13H18N2O2/c1-10-4-3-7-15(12(10)9-16)13(17)11-5-2-6-14-8-11/h2,5-6,8,10,12,16H,3-4,7,9H2,1H3. The summed E-state index contributed by atoms with van der Waals surface area (Å²) in [5.41, 5.74) is 0.597. The smallest absolute Gasteiger partial charge is 0.255 e. The van der Waals surface area contributed by atoms with Gasteiger partial charge in [0, 0.05) is 18.9 Å². The maximum atomic E-state index is 12.3. The second-order valence-electron chi connectivity index (χ2n) is 4.61. The second-order valence-corrected chi connectivity index (χ2v) is 4.61. The molecule has 17 heavy (non-hydrogen) atoms. The molecule has 4 nitrogen and oxygen atoms in total. The highest BCUT2D eigenvalue weighted by atomic mass is 16.3. The van der Waals surface area contributed by atoms with E-state index in [0.29, 0.717) is 11.5 Å². The van der Waals surface area contributed by atoms with Crippen molar-refractivity contribution in [1.29, 1.82) is 0 Å². The lowest BCUT2D eigenvalue weighted by molar-refractivity contribution is 0.0358. The summed E-state index contributed by atoms with van der Waals surface area (Å²) >= 11 is 0. The van der Waals surface area contributed by atoms with Crippen LogP contribution in [0, 0.1) is 5.92 Å². The van der Waals surface area contributed by atoms with Crippen LogP contribution in [0.5, 0.6) is 0 Å². The summed E-state index contributed by atoms with van der Waals surface area (Å²) in [6.07, 6.45) is 5.31. The summed E-state index contributed by atoms with van der Waals surface area (Å²) in [6.45, 7) is 2.85. The van der Waals surface area contributed by atoms with Crippen molar-refractivity contribution in [3.8, 4) is 0 Å². The van der Waals surface area contributed by atoms with Gasteiger partial charge >= 0.3 is 0 Å². The summed E-state index contributed by atoms with van der Waals surface area (Å²) in [5.74, 6) is 0.332. The number of pyridine rings is 1. The van der Waals surface area contributed by atoms with Crippen molar-refractivity contribution in [3.05, 3.63) is 30.1 Å². The van der Waals surface area contributed by atoms with Crippen molar-refractivity contribution in [3.63, 3.8) is 0 Å². The third-order valence-electron chi connectivity index (χ3n) is 3.47. The van der Waals surface area contributed by atoms with E-state index >= 15 is 0 Å². The maximum absolute atomic E-state index is 12.3. The molecule has 0 bridgehead atoms. The predicted molar refractivity (Wildman–Crippen MR) is 64.5 cm³/mol. The first-order valence-corrected chi connectivity index (χ1v) is 6.06. The molecule has 1 aliphatic heterocycles. The van der Waals surface area contributed by atoms with Gasteiger partial charge in [-0.2, -0.15) is 0 Å². The molecule has 1 fully saturated rings. The number of piperidine rings is 1. The van der Waals surface area contributed by atoms with Gasteiger partial charge in [-0.05, 0) is 30.9 Å². The highest BCUT2D eigenvalue weighted by molar-refractivity contribution is 5.94. The first kappa shape index (κ1) is 12.0. The number of amides is 1. The van der Waals surface area contributed by atoms with Crippen LogP contribution in [-0.2, 0) is 0 Å². The number of carbonyl (C=O) groups excluding carboxylic acids is 1. The summed E-state index contributed by atoms with van der Waals surface area (Å²) in [7, 11) is 0. The minimum absolute atomic E-state index is 0.0244. The molecule has 1 saturated heterocycles. The van der Waals surface area contributed by atoms with Crippen LogP contribution in [0.1, 0.15) is 30.1 Å². The summed E-state index contributed by atoms with van der Waals surface area (Å²) in [4.78, 5) is 18.0. The van der Waals surface area contributed by atoms with Crippen LogP contribution in [0.3, 0.4) is 0 Å². The topological polar surface area (TPSA) is 53.4 Å². The van der Waals surface area contributed by atoms with Crippen LogP contribution in [0.15, 0.2) is 24.5 Å². The van der Waals surface area contributed by atoms with E-state index in [9.17, 15) is 9.90 Å². The average Bonchev–Trinajstić information content (AvgIpc) is 2.38. The number of carbonyl (C=O) groups is 1. The Morgan fingerprint density at radius 2 is 2.47 bits per heavy atom. The van der Waals surface area contributed by atoms with E-state index < -0.39 is 0 Å². The van der Waals surface area contributed by atoms with Crippen LogP contribution in [-0.4, -0.2) is 40.1 Å². The van der Waals surface area contributed by atoms with Crippen LogP contribution in [0.2, 0.25) is 0 Å². The number of rotatable bonds is 2. The van der Waals surface area contributed by atoms with Gasteiger partial charge in [0.05, 0.1) is 18.2 Å². The quantitative estimate of drug-likeness (QED) is 0.839. The third kappa shape index (κ3) is 2.47. The monoisotopic (exact) mass is 234 g/mol. The third-order valence-corrected chi connectivity index (χ3v) is 3.47. The molecule has 1 aromatic rings. The van der Waals surface area contributed by atoms with Gasteiger partial charge < -0.3 is 10.0 Å². The molecule has 92 valence electrons. The lowest BCUT2D eigenvalue weighted by Crippen LogP contribution is -2.49. The van der Waals surface area contributed by atoms with E-state index in [2.05, 4.69) is 11.9 Å². The van der Waals surface area contributed by atoms with E-state index in [1.807, 2.05) is 0 Å². The van der Waals surface area contributed by atoms with Gasteiger partial charge in [-0.15, -0.1) is 0 Å². The molecular weight excluding hydrogens is 216 g/mol. The fourth-order valence-electron chi connectivity index (χ4n) is 2.43. The lowest BCUT2D eigenvalue weighted by atomic mass is 9.91. The van der Waals surface area contributed by atoms with Crippen LogP contribution >= 0.6 is 0 Å². The van der Waals surface area contributed by atoms with Crippen molar-refractivity contribution in [2.24, 2.45) is 5.92 Å². The van der Waals surface area contributed by atoms with E-state index in [1.54, 1.807) is 29.4 Å². The van der Waals surface area contributed by atoms with E-state index in [0.717, 1.165) is 19.4 Å². The molecule has 2 atom stereocenters. The zero-order chi connectivity index (χ0) is 12.3. The normalized spacial score (nSPS) is 24.7. The number of aliphatic hydroxyl groups excluding tert-OH is 1. The summed E-state index contributed by atoms with van der Waals surface area (Å²) in [6, 6.07) is 3.47. The lowest BCUT2D eigenvalue weighted by Gasteiger charge is -2.39. The zero-order valence-corrected chi connectivity index (χ0v) is 10.0. The van der Waals surface area contributed by atoms with E-state index in [1.165, 1.54) is 0 Å². The SMILES string of the molecule is CC1CCCN(C(=O)c2cccnc2)C1CO. The van der Waals surface area contributed by atoms with Gasteiger partial charge in [-0.3, -0.25) is 9.78 Å². The van der Waals surface area contributed by atoms with Crippen LogP contribution in [0.25, 0.3) is 0 Å². The number of aromatic nitrogens is 1. The minimum Gasteiger partial charge on any atom is -0.394 e. The molecular formula is C13H18N2O2. The molecule has 0 aromatic carbocycles. The first-order chi connectivity index (χ1) is 8.24. The average molecular weight is 234 g/mol. The van der Waals surface area contributed by atoms with Crippen LogP contribution in [0.4, 0.5) is 0 Å². The molecule has 1 aliphatic rings. The highest BCUT2D eigenvalue weighted by Crippen LogP contribution is 2.24. The molecule has 0 saturated carbocycles. The number of nitrogens with zero attached hydrogens (tertiary/aromatic N) is 2. The Kier molecular flexibility index (Phi) is 3.74. The fourth-order valence-corrected chi connectivity index (χ4v) is 2.43. The predicted octanol–water partition coefficient (Wildman–Crippen LogP) is 1.31. The Bertz CT molecular complexity index is 380. The number of hydrogen-bond acceptors (Lipinski definition) is 3. The molecule has 2 unspecified atom stereocenters. The fraction of sp³-hybridized carbons (Fsp3) is 0.538. The molecule has 2 rings (SSSR count). The maximum Gasteiger partial charge on any atom is 0.255 e. The molecule has 0 spiro atoms. The first-order valence-electron chi connectivity index (χ1n) is 6.06. The Labute approximate surface area is 101 Å². The largest absolute Gasteiger partial charge is 0.394 e. The number of hydrogen-bond donors (Lipinski definition) is 1.